The third-order valence-corrected chi connectivity index (χ3v) is 3.87. The van der Waals surface area contributed by atoms with Gasteiger partial charge in [-0.3, -0.25) is 15.0 Å². The second-order valence-electron chi connectivity index (χ2n) is 5.55. The molecule has 0 aliphatic rings. The predicted octanol–water partition coefficient (Wildman–Crippen LogP) is 3.03. The summed E-state index contributed by atoms with van der Waals surface area (Å²) in [5.41, 5.74) is 7.84. The summed E-state index contributed by atoms with van der Waals surface area (Å²) >= 11 is 0. The zero-order valence-electron chi connectivity index (χ0n) is 14.3. The molecule has 0 fully saturated rings. The van der Waals surface area contributed by atoms with Crippen LogP contribution in [0, 0.1) is 10.1 Å². The molecule has 2 aromatic rings. The number of ether oxygens (including phenoxy) is 1. The molecule has 0 aromatic heterocycles. The van der Waals surface area contributed by atoms with Crippen LogP contribution >= 0.6 is 12.4 Å². The Kier molecular flexibility index (Phi) is 8.91. The van der Waals surface area contributed by atoms with Gasteiger partial charge < -0.3 is 10.5 Å². The average Bonchev–Trinajstić information content (AvgIpc) is 2.60. The summed E-state index contributed by atoms with van der Waals surface area (Å²) in [4.78, 5) is 12.8. The Morgan fingerprint density at radius 1 is 1.16 bits per heavy atom. The highest BCUT2D eigenvalue weighted by Gasteiger charge is 2.14. The van der Waals surface area contributed by atoms with E-state index < -0.39 is 0 Å². The standard InChI is InChI=1S/C18H23N3O3.ClH/c1-24-18-8-7-17(21(22)23)13-16(18)14-20(12-10-19)11-9-15-5-3-2-4-6-15;/h2-8,13H,9-12,14,19H2,1H3;1H. The second kappa shape index (κ2) is 10.7. The number of nitro benzene ring substituents is 1. The number of nitro groups is 1. The molecular weight excluding hydrogens is 342 g/mol. The molecule has 136 valence electrons. The van der Waals surface area contributed by atoms with Crippen LogP contribution in [0.25, 0.3) is 0 Å². The van der Waals surface area contributed by atoms with Crippen LogP contribution in [0.1, 0.15) is 11.1 Å². The molecule has 6 nitrogen and oxygen atoms in total. The molecule has 0 heterocycles. The number of hydrogen-bond donors (Lipinski definition) is 1. The second-order valence-corrected chi connectivity index (χ2v) is 5.55. The molecule has 0 aliphatic carbocycles. The number of nitrogens with zero attached hydrogens (tertiary/aromatic N) is 2. The van der Waals surface area contributed by atoms with E-state index in [2.05, 4.69) is 17.0 Å². The zero-order valence-corrected chi connectivity index (χ0v) is 15.1. The van der Waals surface area contributed by atoms with Crippen LogP contribution in [0.3, 0.4) is 0 Å². The van der Waals surface area contributed by atoms with Gasteiger partial charge in [-0.15, -0.1) is 12.4 Å². The topological polar surface area (TPSA) is 81.6 Å². The van der Waals surface area contributed by atoms with Crippen molar-refractivity contribution in [3.63, 3.8) is 0 Å². The van der Waals surface area contributed by atoms with Crippen molar-refractivity contribution < 1.29 is 9.66 Å². The molecule has 0 saturated carbocycles. The van der Waals surface area contributed by atoms with Crippen LogP contribution in [0.15, 0.2) is 48.5 Å². The van der Waals surface area contributed by atoms with Crippen molar-refractivity contribution >= 4 is 18.1 Å². The van der Waals surface area contributed by atoms with Crippen molar-refractivity contribution in [3.05, 3.63) is 69.8 Å². The molecule has 0 radical (unpaired) electrons. The molecule has 0 spiro atoms. The lowest BCUT2D eigenvalue weighted by atomic mass is 10.1. The minimum atomic E-state index is -0.389. The minimum Gasteiger partial charge on any atom is -0.496 e. The minimum absolute atomic E-state index is 0. The summed E-state index contributed by atoms with van der Waals surface area (Å²) in [7, 11) is 1.57. The first-order chi connectivity index (χ1) is 11.6. The van der Waals surface area contributed by atoms with Gasteiger partial charge in [0.1, 0.15) is 5.75 Å². The summed E-state index contributed by atoms with van der Waals surface area (Å²) in [6, 6.07) is 14.9. The van der Waals surface area contributed by atoms with E-state index >= 15 is 0 Å². The highest BCUT2D eigenvalue weighted by molar-refractivity contribution is 5.85. The van der Waals surface area contributed by atoms with Crippen molar-refractivity contribution in [2.75, 3.05) is 26.7 Å². The number of methoxy groups -OCH3 is 1. The number of non-ortho nitro benzene ring substituents is 1. The Morgan fingerprint density at radius 2 is 1.88 bits per heavy atom. The highest BCUT2D eigenvalue weighted by atomic mass is 35.5. The lowest BCUT2D eigenvalue weighted by Crippen LogP contribution is -2.31. The van der Waals surface area contributed by atoms with Gasteiger partial charge >= 0.3 is 0 Å². The van der Waals surface area contributed by atoms with E-state index in [4.69, 9.17) is 10.5 Å². The molecule has 0 amide bonds. The van der Waals surface area contributed by atoms with E-state index in [1.54, 1.807) is 19.2 Å². The molecule has 0 saturated heterocycles. The number of halogens is 1. The van der Waals surface area contributed by atoms with Crippen LogP contribution in [0.4, 0.5) is 5.69 Å². The fourth-order valence-electron chi connectivity index (χ4n) is 2.63. The SMILES string of the molecule is COc1ccc([N+](=O)[O-])cc1CN(CCN)CCc1ccccc1.Cl. The van der Waals surface area contributed by atoms with Gasteiger partial charge in [0.15, 0.2) is 0 Å². The number of rotatable bonds is 9. The molecule has 0 atom stereocenters. The van der Waals surface area contributed by atoms with E-state index in [1.165, 1.54) is 11.6 Å². The Labute approximate surface area is 154 Å². The number of nitrogens with two attached hydrogens (primary N) is 1. The fourth-order valence-corrected chi connectivity index (χ4v) is 2.63. The van der Waals surface area contributed by atoms with Gasteiger partial charge in [-0.05, 0) is 18.1 Å². The van der Waals surface area contributed by atoms with Gasteiger partial charge in [0, 0.05) is 43.9 Å². The fraction of sp³-hybridized carbons (Fsp3) is 0.333. The van der Waals surface area contributed by atoms with E-state index in [9.17, 15) is 10.1 Å². The molecule has 25 heavy (non-hydrogen) atoms. The van der Waals surface area contributed by atoms with E-state index in [0.29, 0.717) is 18.8 Å². The van der Waals surface area contributed by atoms with Crippen LogP contribution < -0.4 is 10.5 Å². The van der Waals surface area contributed by atoms with Gasteiger partial charge in [0.05, 0.1) is 12.0 Å². The quantitative estimate of drug-likeness (QED) is 0.545. The Morgan fingerprint density at radius 3 is 2.48 bits per heavy atom. The van der Waals surface area contributed by atoms with Crippen molar-refractivity contribution in [1.82, 2.24) is 4.90 Å². The summed E-state index contributed by atoms with van der Waals surface area (Å²) in [6.45, 7) is 2.65. The van der Waals surface area contributed by atoms with Crippen LogP contribution in [0.2, 0.25) is 0 Å². The predicted molar refractivity (Wildman–Crippen MR) is 101 cm³/mol. The highest BCUT2D eigenvalue weighted by Crippen LogP contribution is 2.25. The Hall–Kier alpha value is -2.15. The lowest BCUT2D eigenvalue weighted by Gasteiger charge is -2.22. The maximum absolute atomic E-state index is 11.0. The van der Waals surface area contributed by atoms with Crippen molar-refractivity contribution in [2.45, 2.75) is 13.0 Å². The van der Waals surface area contributed by atoms with E-state index in [1.807, 2.05) is 18.2 Å². The monoisotopic (exact) mass is 365 g/mol. The smallest absolute Gasteiger partial charge is 0.270 e. The van der Waals surface area contributed by atoms with Gasteiger partial charge in [-0.25, -0.2) is 0 Å². The van der Waals surface area contributed by atoms with Gasteiger partial charge in [-0.2, -0.15) is 0 Å². The maximum Gasteiger partial charge on any atom is 0.270 e. The van der Waals surface area contributed by atoms with Gasteiger partial charge in [0.2, 0.25) is 0 Å². The third kappa shape index (κ3) is 6.34. The first-order valence-electron chi connectivity index (χ1n) is 7.91. The summed E-state index contributed by atoms with van der Waals surface area (Å²) in [6.07, 6.45) is 0.901. The van der Waals surface area contributed by atoms with Crippen LogP contribution in [-0.2, 0) is 13.0 Å². The molecule has 0 unspecified atom stereocenters. The molecule has 0 aliphatic heterocycles. The molecule has 0 bridgehead atoms. The van der Waals surface area contributed by atoms with Crippen molar-refractivity contribution in [1.29, 1.82) is 0 Å². The molecule has 2 aromatic carbocycles. The van der Waals surface area contributed by atoms with E-state index in [0.717, 1.165) is 25.1 Å². The summed E-state index contributed by atoms with van der Waals surface area (Å²) in [5, 5.41) is 11.0. The largest absolute Gasteiger partial charge is 0.496 e. The molecule has 7 heteroatoms. The number of hydrogen-bond acceptors (Lipinski definition) is 5. The lowest BCUT2D eigenvalue weighted by molar-refractivity contribution is -0.384. The van der Waals surface area contributed by atoms with Crippen LogP contribution in [0.5, 0.6) is 5.75 Å². The van der Waals surface area contributed by atoms with E-state index in [-0.39, 0.29) is 23.0 Å². The first kappa shape index (κ1) is 20.9. The normalized spacial score (nSPS) is 10.4. The number of benzene rings is 2. The first-order valence-corrected chi connectivity index (χ1v) is 7.91. The van der Waals surface area contributed by atoms with Gasteiger partial charge in [0.25, 0.3) is 5.69 Å². The van der Waals surface area contributed by atoms with Crippen molar-refractivity contribution in [3.8, 4) is 5.75 Å². The maximum atomic E-state index is 11.0. The van der Waals surface area contributed by atoms with Crippen molar-refractivity contribution in [2.24, 2.45) is 5.73 Å². The Balaban J connectivity index is 0.00000312. The third-order valence-electron chi connectivity index (χ3n) is 3.87. The average molecular weight is 366 g/mol. The molecule has 2 N–H and O–H groups in total. The summed E-state index contributed by atoms with van der Waals surface area (Å²) < 4.78 is 5.34. The Bertz CT molecular complexity index is 668. The zero-order chi connectivity index (χ0) is 17.4. The molecule has 2 rings (SSSR count). The van der Waals surface area contributed by atoms with Gasteiger partial charge in [-0.1, -0.05) is 30.3 Å². The molecular formula is C18H24ClN3O3. The van der Waals surface area contributed by atoms with Crippen LogP contribution in [-0.4, -0.2) is 36.6 Å². The summed E-state index contributed by atoms with van der Waals surface area (Å²) in [5.74, 6) is 0.655.